The molecule has 0 aliphatic carbocycles. The average molecular weight is 560 g/mol. The highest BCUT2D eigenvalue weighted by atomic mass is 31.2. The predicted molar refractivity (Wildman–Crippen MR) is 149 cm³/mol. The van der Waals surface area contributed by atoms with Gasteiger partial charge in [0.05, 0.1) is 12.5 Å². The van der Waals surface area contributed by atoms with Crippen molar-refractivity contribution in [2.45, 2.75) is 58.1 Å². The third-order valence-electron chi connectivity index (χ3n) is 7.53. The second-order valence-electron chi connectivity index (χ2n) is 10.4. The molecule has 0 saturated carbocycles. The number of hydrogen-bond acceptors (Lipinski definition) is 5. The molecule has 1 saturated heterocycles. The SMILES string of the molecule is C[C@@H]1CCC[N+]1(C(=O)O)C(=O)C(CCCCNC(=O)OCc1ccccc1)CP(=O)(O)CCc1ccccc1. The standard InChI is InChI=1S/C29H39N2O7P/c1-23-11-10-19-31(23,29(34)35)27(32)26(22-39(36,37)20-17-24-12-4-2-5-13-24)16-8-9-18-30-28(33)38-21-25-14-6-3-7-15-25/h2-7,12-15,23,26H,8-11,16-22H2,1H3,(H2-,30,33,34,35,36,37)/p+1/t23-,26?,31?/m1/s1. The van der Waals surface area contributed by atoms with Gasteiger partial charge in [0, 0.05) is 31.7 Å². The second-order valence-corrected chi connectivity index (χ2v) is 12.9. The highest BCUT2D eigenvalue weighted by molar-refractivity contribution is 7.58. The van der Waals surface area contributed by atoms with Crippen LogP contribution in [-0.2, 0) is 27.1 Å². The molecule has 0 bridgehead atoms. The molecule has 4 atom stereocenters. The van der Waals surface area contributed by atoms with Crippen LogP contribution in [0.5, 0.6) is 0 Å². The fraction of sp³-hybridized carbons (Fsp3) is 0.483. The van der Waals surface area contributed by atoms with Crippen molar-refractivity contribution in [1.82, 2.24) is 5.32 Å². The van der Waals surface area contributed by atoms with Gasteiger partial charge in [-0.05, 0) is 37.3 Å². The summed E-state index contributed by atoms with van der Waals surface area (Å²) < 4.78 is 17.7. The van der Waals surface area contributed by atoms with E-state index in [0.717, 1.165) is 11.1 Å². The van der Waals surface area contributed by atoms with Crippen molar-refractivity contribution in [1.29, 1.82) is 0 Å². The zero-order valence-corrected chi connectivity index (χ0v) is 23.4. The van der Waals surface area contributed by atoms with Crippen LogP contribution in [0, 0.1) is 5.92 Å². The number of carbonyl (C=O) groups is 3. The van der Waals surface area contributed by atoms with Crippen LogP contribution in [0.1, 0.15) is 50.2 Å². The number of benzene rings is 2. The zero-order valence-electron chi connectivity index (χ0n) is 22.5. The zero-order chi connectivity index (χ0) is 28.3. The number of unbranched alkanes of at least 4 members (excludes halogenated alkanes) is 1. The van der Waals surface area contributed by atoms with E-state index in [4.69, 9.17) is 4.74 Å². The summed E-state index contributed by atoms with van der Waals surface area (Å²) in [7, 11) is -3.71. The Kier molecular flexibility index (Phi) is 11.3. The lowest BCUT2D eigenvalue weighted by Crippen LogP contribution is -2.61. The minimum atomic E-state index is -3.71. The summed E-state index contributed by atoms with van der Waals surface area (Å²) in [5, 5.41) is 12.7. The second kappa shape index (κ2) is 14.4. The molecule has 1 fully saturated rings. The lowest BCUT2D eigenvalue weighted by molar-refractivity contribution is -0.794. The van der Waals surface area contributed by atoms with Crippen LogP contribution in [0.2, 0.25) is 0 Å². The van der Waals surface area contributed by atoms with Crippen LogP contribution >= 0.6 is 7.37 Å². The summed E-state index contributed by atoms with van der Waals surface area (Å²) in [5.41, 5.74) is 1.81. The van der Waals surface area contributed by atoms with Gasteiger partial charge in [-0.15, -0.1) is 0 Å². The first kappa shape index (κ1) is 30.5. The first-order valence-corrected chi connectivity index (χ1v) is 15.6. The number of rotatable bonds is 13. The van der Waals surface area contributed by atoms with E-state index >= 15 is 0 Å². The Labute approximate surface area is 230 Å². The quantitative estimate of drug-likeness (QED) is 0.170. The van der Waals surface area contributed by atoms with Gasteiger partial charge in [-0.2, -0.15) is 9.28 Å². The van der Waals surface area contributed by atoms with Crippen molar-refractivity contribution in [3.8, 4) is 0 Å². The van der Waals surface area contributed by atoms with Gasteiger partial charge in [-0.3, -0.25) is 4.57 Å². The van der Waals surface area contributed by atoms with E-state index < -0.39 is 35.9 Å². The number of quaternary nitrogens is 1. The molecule has 9 nitrogen and oxygen atoms in total. The Balaban J connectivity index is 1.58. The first-order valence-electron chi connectivity index (χ1n) is 13.6. The fourth-order valence-corrected chi connectivity index (χ4v) is 7.08. The Morgan fingerprint density at radius 3 is 2.28 bits per heavy atom. The molecule has 0 spiro atoms. The monoisotopic (exact) mass is 559 g/mol. The number of aryl methyl sites for hydroxylation is 1. The number of carbonyl (C=O) groups excluding carboxylic acids is 2. The molecule has 0 aromatic heterocycles. The van der Waals surface area contributed by atoms with E-state index in [1.54, 1.807) is 6.92 Å². The van der Waals surface area contributed by atoms with Gasteiger partial charge < -0.3 is 20.1 Å². The van der Waals surface area contributed by atoms with Crippen LogP contribution in [-0.4, -0.2) is 64.0 Å². The van der Waals surface area contributed by atoms with Crippen LogP contribution in [0.4, 0.5) is 9.59 Å². The Morgan fingerprint density at radius 1 is 1.05 bits per heavy atom. The molecular formula is C29H40N2O7P+. The van der Waals surface area contributed by atoms with Gasteiger partial charge in [0.1, 0.15) is 12.6 Å². The number of carboxylic acid groups (broad SMARTS) is 1. The number of hydrogen-bond donors (Lipinski definition) is 3. The summed E-state index contributed by atoms with van der Waals surface area (Å²) in [6.45, 7) is 2.43. The van der Waals surface area contributed by atoms with E-state index in [0.29, 0.717) is 38.6 Å². The molecule has 2 aromatic carbocycles. The molecule has 39 heavy (non-hydrogen) atoms. The molecule has 0 radical (unpaired) electrons. The summed E-state index contributed by atoms with van der Waals surface area (Å²) in [4.78, 5) is 48.9. The van der Waals surface area contributed by atoms with Crippen LogP contribution in [0.25, 0.3) is 0 Å². The van der Waals surface area contributed by atoms with Crippen molar-refractivity contribution >= 4 is 25.5 Å². The molecule has 1 heterocycles. The van der Waals surface area contributed by atoms with Crippen molar-refractivity contribution in [3.63, 3.8) is 0 Å². The van der Waals surface area contributed by atoms with Crippen molar-refractivity contribution in [2.75, 3.05) is 25.4 Å². The number of ether oxygens (including phenoxy) is 1. The molecule has 3 unspecified atom stereocenters. The van der Waals surface area contributed by atoms with Gasteiger partial charge >= 0.3 is 18.1 Å². The Hall–Kier alpha value is -3.00. The predicted octanol–water partition coefficient (Wildman–Crippen LogP) is 5.42. The third-order valence-corrected chi connectivity index (χ3v) is 9.46. The summed E-state index contributed by atoms with van der Waals surface area (Å²) in [6, 6.07) is 18.3. The topological polar surface area (TPSA) is 130 Å². The Bertz CT molecular complexity index is 1140. The lowest BCUT2D eigenvalue weighted by atomic mass is 10.00. The molecule has 3 amide bonds. The highest BCUT2D eigenvalue weighted by Crippen LogP contribution is 2.45. The van der Waals surface area contributed by atoms with E-state index in [1.807, 2.05) is 60.7 Å². The summed E-state index contributed by atoms with van der Waals surface area (Å²) >= 11 is 0. The van der Waals surface area contributed by atoms with Crippen LogP contribution in [0.3, 0.4) is 0 Å². The normalized spacial score (nSPS) is 21.0. The number of imide groups is 1. The van der Waals surface area contributed by atoms with Crippen LogP contribution < -0.4 is 5.32 Å². The third kappa shape index (κ3) is 8.75. The van der Waals surface area contributed by atoms with Crippen molar-refractivity contribution < 1.29 is 38.2 Å². The molecule has 2 aromatic rings. The number of nitrogens with zero attached hydrogens (tertiary/aromatic N) is 1. The van der Waals surface area contributed by atoms with E-state index in [-0.39, 0.29) is 37.9 Å². The van der Waals surface area contributed by atoms with E-state index in [2.05, 4.69) is 5.32 Å². The van der Waals surface area contributed by atoms with Gasteiger partial charge in [-0.25, -0.2) is 9.59 Å². The van der Waals surface area contributed by atoms with Crippen LogP contribution in [0.15, 0.2) is 60.7 Å². The molecule has 1 aliphatic rings. The van der Waals surface area contributed by atoms with Gasteiger partial charge in [0.2, 0.25) is 7.37 Å². The number of alkyl carbamates (subject to hydrolysis) is 1. The molecule has 1 aliphatic heterocycles. The first-order chi connectivity index (χ1) is 18.6. The highest BCUT2D eigenvalue weighted by Gasteiger charge is 2.55. The number of nitrogens with one attached hydrogen (secondary N) is 1. The fourth-order valence-electron chi connectivity index (χ4n) is 5.27. The summed E-state index contributed by atoms with van der Waals surface area (Å²) in [6.07, 6.45) is 0.951. The maximum absolute atomic E-state index is 13.7. The van der Waals surface area contributed by atoms with Gasteiger partial charge in [0.15, 0.2) is 0 Å². The lowest BCUT2D eigenvalue weighted by Gasteiger charge is -2.33. The van der Waals surface area contributed by atoms with Gasteiger partial charge in [-0.1, -0.05) is 67.1 Å². The maximum Gasteiger partial charge on any atom is 0.521 e. The number of likely N-dealkylation sites (tertiary alicyclic amines) is 1. The number of amides is 3. The van der Waals surface area contributed by atoms with Crippen molar-refractivity contribution in [2.24, 2.45) is 5.92 Å². The summed E-state index contributed by atoms with van der Waals surface area (Å²) in [5.74, 6) is -1.35. The van der Waals surface area contributed by atoms with Gasteiger partial charge in [0.25, 0.3) is 0 Å². The Morgan fingerprint density at radius 2 is 1.69 bits per heavy atom. The minimum Gasteiger partial charge on any atom is -0.445 e. The smallest absolute Gasteiger partial charge is 0.445 e. The largest absolute Gasteiger partial charge is 0.521 e. The van der Waals surface area contributed by atoms with Crippen molar-refractivity contribution in [3.05, 3.63) is 71.8 Å². The average Bonchev–Trinajstić information content (AvgIpc) is 3.33. The van der Waals surface area contributed by atoms with E-state index in [1.165, 1.54) is 0 Å². The molecule has 3 rings (SSSR count). The molecule has 10 heteroatoms. The minimum absolute atomic E-state index is 0.0260. The van der Waals surface area contributed by atoms with E-state index in [9.17, 15) is 28.9 Å². The molecular weight excluding hydrogens is 519 g/mol. The molecule has 212 valence electrons. The molecule has 3 N–H and O–H groups in total. The maximum atomic E-state index is 13.7.